The molecule has 1 N–H and O–H groups in total. The number of rotatable bonds is 6. The Morgan fingerprint density at radius 1 is 1.26 bits per heavy atom. The first-order chi connectivity index (χ1) is 11.0. The van der Waals surface area contributed by atoms with Gasteiger partial charge in [-0.3, -0.25) is 4.79 Å². The molecule has 0 radical (unpaired) electrons. The average molecular weight is 322 g/mol. The number of benzene rings is 1. The lowest BCUT2D eigenvalue weighted by Crippen LogP contribution is -2.13. The first kappa shape index (κ1) is 16.7. The van der Waals surface area contributed by atoms with Crippen molar-refractivity contribution in [2.75, 3.05) is 11.9 Å². The Bertz CT molecular complexity index is 693. The van der Waals surface area contributed by atoms with Crippen molar-refractivity contribution in [1.82, 2.24) is 4.98 Å². The van der Waals surface area contributed by atoms with Gasteiger partial charge in [0.25, 0.3) is 5.91 Å². The number of pyridine rings is 1. The summed E-state index contributed by atoms with van der Waals surface area (Å²) >= 11 is 0. The summed E-state index contributed by atoms with van der Waals surface area (Å²) in [6.07, 6.45) is 1.58. The van der Waals surface area contributed by atoms with E-state index in [1.54, 1.807) is 25.3 Å². The number of carbonyl (C=O) groups excluding carboxylic acids is 1. The predicted octanol–water partition coefficient (Wildman–Crippen LogP) is 3.64. The van der Waals surface area contributed by atoms with Crippen LogP contribution in [0, 0.1) is 6.92 Å². The van der Waals surface area contributed by atoms with Gasteiger partial charge in [0.1, 0.15) is 5.82 Å². The number of aromatic nitrogens is 1. The van der Waals surface area contributed by atoms with Crippen LogP contribution < -0.4 is 14.8 Å². The van der Waals surface area contributed by atoms with Crippen LogP contribution in [0.25, 0.3) is 0 Å². The average Bonchev–Trinajstić information content (AvgIpc) is 2.48. The maximum atomic E-state index is 12.4. The number of hydrogen-bond acceptors (Lipinski definition) is 4. The molecule has 122 valence electrons. The summed E-state index contributed by atoms with van der Waals surface area (Å²) in [5.74, 6) is -0.0572. The van der Waals surface area contributed by atoms with Crippen LogP contribution in [0.15, 0.2) is 36.5 Å². The Hall–Kier alpha value is -2.70. The van der Waals surface area contributed by atoms with Crippen LogP contribution in [0.4, 0.5) is 14.6 Å². The summed E-state index contributed by atoms with van der Waals surface area (Å²) in [6, 6.07) is 7.53. The van der Waals surface area contributed by atoms with Gasteiger partial charge in [-0.05, 0) is 49.7 Å². The summed E-state index contributed by atoms with van der Waals surface area (Å²) in [4.78, 5) is 16.3. The highest BCUT2D eigenvalue weighted by Gasteiger charge is 2.15. The molecular formula is C16H16F2N2O3. The SMILES string of the molecule is CCOc1cc(C(=O)Nc2cc(C)ccn2)ccc1OC(F)F. The minimum atomic E-state index is -2.97. The molecule has 0 bridgehead atoms. The minimum Gasteiger partial charge on any atom is -0.490 e. The second kappa shape index (κ2) is 7.53. The van der Waals surface area contributed by atoms with Gasteiger partial charge in [-0.15, -0.1) is 0 Å². The van der Waals surface area contributed by atoms with E-state index in [4.69, 9.17) is 4.74 Å². The maximum absolute atomic E-state index is 12.4. The first-order valence-electron chi connectivity index (χ1n) is 6.95. The van der Waals surface area contributed by atoms with E-state index in [0.717, 1.165) is 5.56 Å². The number of halogens is 2. The zero-order valence-corrected chi connectivity index (χ0v) is 12.7. The van der Waals surface area contributed by atoms with Crippen molar-refractivity contribution in [3.8, 4) is 11.5 Å². The fraction of sp³-hybridized carbons (Fsp3) is 0.250. The number of carbonyl (C=O) groups is 1. The predicted molar refractivity (Wildman–Crippen MR) is 81.2 cm³/mol. The summed E-state index contributed by atoms with van der Waals surface area (Å²) < 4.78 is 34.3. The molecule has 1 heterocycles. The molecule has 2 rings (SSSR count). The lowest BCUT2D eigenvalue weighted by atomic mass is 10.2. The molecular weight excluding hydrogens is 306 g/mol. The minimum absolute atomic E-state index is 0.0812. The summed E-state index contributed by atoms with van der Waals surface area (Å²) in [7, 11) is 0. The molecule has 2 aromatic rings. The van der Waals surface area contributed by atoms with Gasteiger partial charge in [0.05, 0.1) is 6.61 Å². The number of ether oxygens (including phenoxy) is 2. The lowest BCUT2D eigenvalue weighted by Gasteiger charge is -2.12. The summed E-state index contributed by atoms with van der Waals surface area (Å²) in [6.45, 7) is 0.867. The third-order valence-electron chi connectivity index (χ3n) is 2.88. The number of nitrogens with zero attached hydrogens (tertiary/aromatic N) is 1. The van der Waals surface area contributed by atoms with Gasteiger partial charge >= 0.3 is 6.61 Å². The van der Waals surface area contributed by atoms with E-state index in [0.29, 0.717) is 5.82 Å². The van der Waals surface area contributed by atoms with E-state index >= 15 is 0 Å². The van der Waals surface area contributed by atoms with Crippen molar-refractivity contribution in [3.63, 3.8) is 0 Å². The topological polar surface area (TPSA) is 60.5 Å². The van der Waals surface area contributed by atoms with Crippen molar-refractivity contribution in [3.05, 3.63) is 47.7 Å². The Morgan fingerprint density at radius 2 is 2.04 bits per heavy atom. The van der Waals surface area contributed by atoms with Gasteiger partial charge in [0, 0.05) is 11.8 Å². The Labute approximate surface area is 132 Å². The smallest absolute Gasteiger partial charge is 0.387 e. The molecule has 0 saturated heterocycles. The van der Waals surface area contributed by atoms with Crippen LogP contribution in [0.5, 0.6) is 11.5 Å². The van der Waals surface area contributed by atoms with Gasteiger partial charge in [0.2, 0.25) is 0 Å². The molecule has 0 unspecified atom stereocenters. The molecule has 0 aliphatic rings. The van der Waals surface area contributed by atoms with E-state index in [2.05, 4.69) is 15.0 Å². The van der Waals surface area contributed by atoms with Crippen molar-refractivity contribution < 1.29 is 23.0 Å². The van der Waals surface area contributed by atoms with Gasteiger partial charge in [0.15, 0.2) is 11.5 Å². The number of amides is 1. The van der Waals surface area contributed by atoms with E-state index in [-0.39, 0.29) is 23.7 Å². The second-order valence-corrected chi connectivity index (χ2v) is 4.65. The summed E-state index contributed by atoms with van der Waals surface area (Å²) in [5, 5.41) is 2.63. The van der Waals surface area contributed by atoms with Gasteiger partial charge in [-0.25, -0.2) is 4.98 Å². The standard InChI is InChI=1S/C16H16F2N2O3/c1-3-22-13-9-11(4-5-12(13)23-16(17)18)15(21)20-14-8-10(2)6-7-19-14/h4-9,16H,3H2,1-2H3,(H,19,20,21). The molecule has 7 heteroatoms. The largest absolute Gasteiger partial charge is 0.490 e. The number of anilines is 1. The van der Waals surface area contributed by atoms with Crippen LogP contribution in [-0.4, -0.2) is 24.1 Å². The first-order valence-corrected chi connectivity index (χ1v) is 6.95. The van der Waals surface area contributed by atoms with Gasteiger partial charge < -0.3 is 14.8 Å². The number of nitrogens with one attached hydrogen (secondary N) is 1. The Morgan fingerprint density at radius 3 is 2.70 bits per heavy atom. The highest BCUT2D eigenvalue weighted by Crippen LogP contribution is 2.30. The molecule has 23 heavy (non-hydrogen) atoms. The van der Waals surface area contributed by atoms with Crippen molar-refractivity contribution in [2.24, 2.45) is 0 Å². The number of aryl methyl sites for hydroxylation is 1. The molecule has 1 aromatic heterocycles. The highest BCUT2D eigenvalue weighted by molar-refractivity contribution is 6.04. The zero-order chi connectivity index (χ0) is 16.8. The number of hydrogen-bond donors (Lipinski definition) is 1. The Kier molecular flexibility index (Phi) is 5.46. The van der Waals surface area contributed by atoms with E-state index in [9.17, 15) is 13.6 Å². The van der Waals surface area contributed by atoms with Crippen LogP contribution in [-0.2, 0) is 0 Å². The van der Waals surface area contributed by atoms with Gasteiger partial charge in [-0.2, -0.15) is 8.78 Å². The maximum Gasteiger partial charge on any atom is 0.387 e. The lowest BCUT2D eigenvalue weighted by molar-refractivity contribution is -0.0514. The monoisotopic (exact) mass is 322 g/mol. The van der Waals surface area contributed by atoms with Crippen LogP contribution in [0.2, 0.25) is 0 Å². The molecule has 1 amide bonds. The molecule has 0 aliphatic carbocycles. The normalized spacial score (nSPS) is 10.5. The van der Waals surface area contributed by atoms with E-state index in [1.165, 1.54) is 18.2 Å². The zero-order valence-electron chi connectivity index (χ0n) is 12.7. The molecule has 0 saturated carbocycles. The van der Waals surface area contributed by atoms with Crippen LogP contribution >= 0.6 is 0 Å². The van der Waals surface area contributed by atoms with Gasteiger partial charge in [-0.1, -0.05) is 0 Å². The molecule has 0 aliphatic heterocycles. The molecule has 0 spiro atoms. The Balaban J connectivity index is 2.21. The molecule has 0 atom stereocenters. The third-order valence-corrected chi connectivity index (χ3v) is 2.88. The fourth-order valence-electron chi connectivity index (χ4n) is 1.90. The summed E-state index contributed by atoms with van der Waals surface area (Å²) in [5.41, 5.74) is 1.20. The van der Waals surface area contributed by atoms with Crippen molar-refractivity contribution in [2.45, 2.75) is 20.5 Å². The van der Waals surface area contributed by atoms with E-state index in [1.807, 2.05) is 6.92 Å². The number of alkyl halides is 2. The van der Waals surface area contributed by atoms with Crippen molar-refractivity contribution >= 4 is 11.7 Å². The molecule has 1 aromatic carbocycles. The van der Waals surface area contributed by atoms with Crippen molar-refractivity contribution in [1.29, 1.82) is 0 Å². The molecule has 0 fully saturated rings. The van der Waals surface area contributed by atoms with Crippen LogP contribution in [0.3, 0.4) is 0 Å². The second-order valence-electron chi connectivity index (χ2n) is 4.65. The third kappa shape index (κ3) is 4.64. The molecule has 5 nitrogen and oxygen atoms in total. The fourth-order valence-corrected chi connectivity index (χ4v) is 1.90. The quantitative estimate of drug-likeness (QED) is 0.882. The van der Waals surface area contributed by atoms with Crippen LogP contribution in [0.1, 0.15) is 22.8 Å². The highest BCUT2D eigenvalue weighted by atomic mass is 19.3. The van der Waals surface area contributed by atoms with E-state index < -0.39 is 12.5 Å².